The van der Waals surface area contributed by atoms with Gasteiger partial charge in [-0.1, -0.05) is 12.5 Å². The van der Waals surface area contributed by atoms with Gasteiger partial charge in [-0.15, -0.1) is 11.3 Å². The van der Waals surface area contributed by atoms with Gasteiger partial charge in [-0.05, 0) is 49.0 Å². The van der Waals surface area contributed by atoms with Crippen molar-refractivity contribution in [2.45, 2.75) is 44.7 Å². The third kappa shape index (κ3) is 3.13. The summed E-state index contributed by atoms with van der Waals surface area (Å²) >= 11 is 1.59. The number of hydrogen-bond donors (Lipinski definition) is 2. The lowest BCUT2D eigenvalue weighted by Gasteiger charge is -2.43. The number of carbonyl (C=O) groups is 1. The minimum atomic E-state index is 0.101. The van der Waals surface area contributed by atoms with Gasteiger partial charge in [0.15, 0.2) is 0 Å². The molecule has 0 saturated heterocycles. The van der Waals surface area contributed by atoms with E-state index in [-0.39, 0.29) is 11.8 Å². The maximum Gasteiger partial charge on any atom is 0.236 e. The maximum absolute atomic E-state index is 12.5. The Balaban J connectivity index is 1.34. The van der Waals surface area contributed by atoms with Crippen molar-refractivity contribution in [1.29, 1.82) is 0 Å². The molecule has 128 valence electrons. The molecule has 0 aliphatic heterocycles. The molecule has 2 fully saturated rings. The third-order valence-electron chi connectivity index (χ3n) is 5.51. The molecule has 2 aromatic rings. The molecule has 3 N–H and O–H groups in total. The average Bonchev–Trinajstić information content (AvgIpc) is 3.23. The molecule has 1 amide bonds. The van der Waals surface area contributed by atoms with E-state index in [0.717, 1.165) is 23.4 Å². The normalized spacial score (nSPS) is 29.4. The Labute approximate surface area is 145 Å². The minimum Gasteiger partial charge on any atom is -0.443 e. The van der Waals surface area contributed by atoms with Gasteiger partial charge in [0.2, 0.25) is 11.8 Å². The molecule has 4 rings (SSSR count). The van der Waals surface area contributed by atoms with Crippen LogP contribution in [0.4, 0.5) is 0 Å². The monoisotopic (exact) mass is 345 g/mol. The summed E-state index contributed by atoms with van der Waals surface area (Å²) in [5.74, 6) is 1.90. The molecule has 2 unspecified atom stereocenters. The molecule has 6 heteroatoms. The van der Waals surface area contributed by atoms with Crippen LogP contribution in [0.15, 0.2) is 28.2 Å². The van der Waals surface area contributed by atoms with Crippen LogP contribution in [0.3, 0.4) is 0 Å². The number of oxazole rings is 1. The molecule has 2 bridgehead atoms. The first-order valence-electron chi connectivity index (χ1n) is 8.72. The lowest BCUT2D eigenvalue weighted by atomic mass is 9.65. The van der Waals surface area contributed by atoms with Crippen molar-refractivity contribution in [3.8, 4) is 10.8 Å². The van der Waals surface area contributed by atoms with Crippen LogP contribution in [-0.2, 0) is 11.3 Å². The number of aromatic nitrogens is 1. The van der Waals surface area contributed by atoms with E-state index in [0.29, 0.717) is 30.3 Å². The molecule has 0 aromatic carbocycles. The topological polar surface area (TPSA) is 81.2 Å². The van der Waals surface area contributed by atoms with Crippen LogP contribution in [-0.4, -0.2) is 16.9 Å². The minimum absolute atomic E-state index is 0.101. The summed E-state index contributed by atoms with van der Waals surface area (Å²) in [5.41, 5.74) is 7.07. The zero-order chi connectivity index (χ0) is 16.5. The molecule has 24 heavy (non-hydrogen) atoms. The molecule has 2 aliphatic rings. The zero-order valence-corrected chi connectivity index (χ0v) is 14.4. The van der Waals surface area contributed by atoms with Crippen LogP contribution in [0, 0.1) is 17.8 Å². The second-order valence-corrected chi connectivity index (χ2v) is 7.98. The molecule has 2 heterocycles. The number of fused-ring (bicyclic) bond motifs is 2. The van der Waals surface area contributed by atoms with Crippen LogP contribution < -0.4 is 11.1 Å². The predicted molar refractivity (Wildman–Crippen MR) is 93.2 cm³/mol. The van der Waals surface area contributed by atoms with Crippen molar-refractivity contribution in [2.24, 2.45) is 23.5 Å². The summed E-state index contributed by atoms with van der Waals surface area (Å²) in [6.07, 6.45) is 7.11. The van der Waals surface area contributed by atoms with E-state index in [1.54, 1.807) is 17.6 Å². The van der Waals surface area contributed by atoms with Gasteiger partial charge in [0.05, 0.1) is 17.1 Å². The van der Waals surface area contributed by atoms with E-state index in [4.69, 9.17) is 10.2 Å². The molecule has 5 nitrogen and oxygen atoms in total. The summed E-state index contributed by atoms with van der Waals surface area (Å²) in [7, 11) is 0. The zero-order valence-electron chi connectivity index (χ0n) is 13.6. The first-order chi connectivity index (χ1) is 11.7. The fourth-order valence-electron chi connectivity index (χ4n) is 4.23. The van der Waals surface area contributed by atoms with E-state index in [1.807, 2.05) is 17.5 Å². The van der Waals surface area contributed by atoms with Crippen molar-refractivity contribution < 1.29 is 9.21 Å². The molecule has 2 atom stereocenters. The van der Waals surface area contributed by atoms with Crippen molar-refractivity contribution >= 4 is 17.2 Å². The molecule has 0 spiro atoms. The summed E-state index contributed by atoms with van der Waals surface area (Å²) in [6.45, 7) is 0.422. The van der Waals surface area contributed by atoms with E-state index < -0.39 is 0 Å². The Morgan fingerprint density at radius 2 is 2.17 bits per heavy atom. The number of amides is 1. The Hall–Kier alpha value is -1.66. The molecule has 2 aliphatic carbocycles. The van der Waals surface area contributed by atoms with Crippen molar-refractivity contribution in [2.75, 3.05) is 0 Å². The highest BCUT2D eigenvalue weighted by molar-refractivity contribution is 7.13. The van der Waals surface area contributed by atoms with Crippen LogP contribution >= 0.6 is 11.3 Å². The van der Waals surface area contributed by atoms with Gasteiger partial charge in [-0.3, -0.25) is 4.79 Å². The first-order valence-corrected chi connectivity index (χ1v) is 9.60. The SMILES string of the molecule is NC1C2CCCC1CC(C(=O)NCc1coc(-c3cccs3)n1)C2. The standard InChI is InChI=1S/C18H23N3O2S/c19-16-11-3-1-4-12(16)8-13(7-11)17(22)20-9-14-10-23-18(21-14)15-5-2-6-24-15/h2,5-6,10-13,16H,1,3-4,7-9,19H2,(H,20,22). The Bertz CT molecular complexity index is 683. The van der Waals surface area contributed by atoms with Gasteiger partial charge in [0.1, 0.15) is 6.26 Å². The number of rotatable bonds is 4. The summed E-state index contributed by atoms with van der Waals surface area (Å²) in [5, 5.41) is 5.02. The largest absolute Gasteiger partial charge is 0.443 e. The van der Waals surface area contributed by atoms with Crippen molar-refractivity contribution in [3.63, 3.8) is 0 Å². The van der Waals surface area contributed by atoms with Gasteiger partial charge in [0, 0.05) is 12.0 Å². The molecule has 2 saturated carbocycles. The summed E-state index contributed by atoms with van der Waals surface area (Å²) < 4.78 is 5.49. The highest BCUT2D eigenvalue weighted by Crippen LogP contribution is 2.41. The van der Waals surface area contributed by atoms with Crippen LogP contribution in [0.1, 0.15) is 37.8 Å². The van der Waals surface area contributed by atoms with Gasteiger partial charge in [-0.2, -0.15) is 0 Å². The van der Waals surface area contributed by atoms with Gasteiger partial charge in [0.25, 0.3) is 0 Å². The predicted octanol–water partition coefficient (Wildman–Crippen LogP) is 3.17. The smallest absolute Gasteiger partial charge is 0.236 e. The number of nitrogens with one attached hydrogen (secondary N) is 1. The lowest BCUT2D eigenvalue weighted by Crippen LogP contribution is -2.49. The average molecular weight is 345 g/mol. The van der Waals surface area contributed by atoms with E-state index in [2.05, 4.69) is 10.3 Å². The quantitative estimate of drug-likeness (QED) is 0.892. The molecule has 0 radical (unpaired) electrons. The molecular weight excluding hydrogens is 322 g/mol. The number of thiophene rings is 1. The van der Waals surface area contributed by atoms with Crippen LogP contribution in [0.25, 0.3) is 10.8 Å². The van der Waals surface area contributed by atoms with Crippen molar-refractivity contribution in [1.82, 2.24) is 10.3 Å². The molecular formula is C18H23N3O2S. The second kappa shape index (κ2) is 6.69. The first kappa shape index (κ1) is 15.8. The Morgan fingerprint density at radius 1 is 1.38 bits per heavy atom. The van der Waals surface area contributed by atoms with E-state index in [9.17, 15) is 4.79 Å². The Morgan fingerprint density at radius 3 is 2.88 bits per heavy atom. The third-order valence-corrected chi connectivity index (χ3v) is 6.37. The second-order valence-electron chi connectivity index (χ2n) is 7.04. The lowest BCUT2D eigenvalue weighted by molar-refractivity contribution is -0.128. The Kier molecular flexibility index (Phi) is 4.41. The number of carbonyl (C=O) groups excluding carboxylic acids is 1. The fraction of sp³-hybridized carbons (Fsp3) is 0.556. The summed E-state index contributed by atoms with van der Waals surface area (Å²) in [6, 6.07) is 4.24. The highest BCUT2D eigenvalue weighted by atomic mass is 32.1. The fourth-order valence-corrected chi connectivity index (χ4v) is 4.88. The molecule has 2 aromatic heterocycles. The highest BCUT2D eigenvalue weighted by Gasteiger charge is 2.40. The van der Waals surface area contributed by atoms with Gasteiger partial charge < -0.3 is 15.5 Å². The van der Waals surface area contributed by atoms with E-state index >= 15 is 0 Å². The van der Waals surface area contributed by atoms with Crippen LogP contribution in [0.2, 0.25) is 0 Å². The maximum atomic E-state index is 12.5. The number of nitrogens with zero attached hydrogens (tertiary/aromatic N) is 1. The van der Waals surface area contributed by atoms with E-state index in [1.165, 1.54) is 19.3 Å². The number of hydrogen-bond acceptors (Lipinski definition) is 5. The summed E-state index contributed by atoms with van der Waals surface area (Å²) in [4.78, 5) is 18.0. The number of nitrogens with two attached hydrogens (primary N) is 1. The van der Waals surface area contributed by atoms with Crippen molar-refractivity contribution in [3.05, 3.63) is 29.5 Å². The van der Waals surface area contributed by atoms with Gasteiger partial charge in [-0.25, -0.2) is 4.98 Å². The van der Waals surface area contributed by atoms with Crippen LogP contribution in [0.5, 0.6) is 0 Å². The van der Waals surface area contributed by atoms with Gasteiger partial charge >= 0.3 is 0 Å².